The Morgan fingerprint density at radius 3 is 2.65 bits per heavy atom. The Morgan fingerprint density at radius 1 is 1.23 bits per heavy atom. The zero-order valence-electron chi connectivity index (χ0n) is 15.7. The molecule has 3 rings (SSSR count). The molecule has 7 heteroatoms. The van der Waals surface area contributed by atoms with Gasteiger partial charge in [0.05, 0.1) is 12.2 Å². The zero-order valence-corrected chi connectivity index (χ0v) is 18.9. The van der Waals surface area contributed by atoms with Crippen LogP contribution in [0.1, 0.15) is 38.3 Å². The molecule has 2 aliphatic rings. The van der Waals surface area contributed by atoms with Crippen LogP contribution in [-0.4, -0.2) is 59.1 Å². The molecule has 2 N–H and O–H groups in total. The fourth-order valence-electron chi connectivity index (χ4n) is 3.92. The molecular weight excluding hydrogens is 457 g/mol. The van der Waals surface area contributed by atoms with Gasteiger partial charge >= 0.3 is 0 Å². The normalized spacial score (nSPS) is 20.4. The number of nitrogens with one attached hydrogen (secondary N) is 2. The maximum absolute atomic E-state index is 4.73. The van der Waals surface area contributed by atoms with Crippen LogP contribution in [0.4, 0.5) is 0 Å². The van der Waals surface area contributed by atoms with Crippen LogP contribution in [0.3, 0.4) is 0 Å². The molecule has 1 saturated carbocycles. The van der Waals surface area contributed by atoms with Crippen molar-refractivity contribution in [3.63, 3.8) is 0 Å². The summed E-state index contributed by atoms with van der Waals surface area (Å²) in [5.74, 6) is 3.45. The number of aromatic nitrogens is 1. The molecule has 146 valence electrons. The number of hydrogen-bond donors (Lipinski definition) is 2. The summed E-state index contributed by atoms with van der Waals surface area (Å²) >= 11 is 2.09. The molecule has 2 heterocycles. The van der Waals surface area contributed by atoms with Gasteiger partial charge < -0.3 is 10.6 Å². The van der Waals surface area contributed by atoms with Gasteiger partial charge in [0.2, 0.25) is 0 Å². The summed E-state index contributed by atoms with van der Waals surface area (Å²) in [7, 11) is 0. The van der Waals surface area contributed by atoms with Crippen molar-refractivity contribution in [3.8, 4) is 0 Å². The van der Waals surface area contributed by atoms with E-state index >= 15 is 0 Å². The van der Waals surface area contributed by atoms with Gasteiger partial charge in [0.25, 0.3) is 0 Å². The van der Waals surface area contributed by atoms with E-state index in [0.717, 1.165) is 24.7 Å². The molecule has 5 nitrogen and oxygen atoms in total. The van der Waals surface area contributed by atoms with E-state index in [9.17, 15) is 0 Å². The molecule has 0 aromatic carbocycles. The predicted octanol–water partition coefficient (Wildman–Crippen LogP) is 3.12. The Hall–Kier alpha value is -0.540. The minimum Gasteiger partial charge on any atom is -0.357 e. The number of guanidine groups is 1. The van der Waals surface area contributed by atoms with Gasteiger partial charge in [-0.1, -0.05) is 18.9 Å². The van der Waals surface area contributed by atoms with Gasteiger partial charge in [0.1, 0.15) is 0 Å². The van der Waals surface area contributed by atoms with Crippen molar-refractivity contribution in [2.75, 3.05) is 37.7 Å². The van der Waals surface area contributed by atoms with Crippen molar-refractivity contribution >= 4 is 41.7 Å². The second kappa shape index (κ2) is 11.3. The van der Waals surface area contributed by atoms with Crippen LogP contribution in [0, 0.1) is 0 Å². The number of thioether (sulfide) groups is 1. The number of halogens is 1. The number of hydrogen-bond acceptors (Lipinski definition) is 4. The van der Waals surface area contributed by atoms with Crippen molar-refractivity contribution in [1.29, 1.82) is 0 Å². The third kappa shape index (κ3) is 5.99. The first-order valence-corrected chi connectivity index (χ1v) is 10.7. The SMILES string of the molecule is CCNC(=NCc1ccccn1)NCC1(N2CCSCC2)CCCC1.I. The topological polar surface area (TPSA) is 52.6 Å². The fourth-order valence-corrected chi connectivity index (χ4v) is 4.82. The van der Waals surface area contributed by atoms with Crippen LogP contribution < -0.4 is 10.6 Å². The lowest BCUT2D eigenvalue weighted by Crippen LogP contribution is -2.57. The minimum absolute atomic E-state index is 0. The van der Waals surface area contributed by atoms with Gasteiger partial charge in [-0.15, -0.1) is 24.0 Å². The Bertz CT molecular complexity index is 542. The molecule has 0 atom stereocenters. The first-order valence-electron chi connectivity index (χ1n) is 9.57. The van der Waals surface area contributed by atoms with E-state index in [1.165, 1.54) is 50.3 Å². The van der Waals surface area contributed by atoms with Crippen LogP contribution >= 0.6 is 35.7 Å². The Kier molecular flexibility index (Phi) is 9.49. The highest BCUT2D eigenvalue weighted by molar-refractivity contribution is 14.0. The molecule has 26 heavy (non-hydrogen) atoms. The van der Waals surface area contributed by atoms with E-state index in [4.69, 9.17) is 4.99 Å². The maximum Gasteiger partial charge on any atom is 0.191 e. The van der Waals surface area contributed by atoms with Crippen LogP contribution in [0.5, 0.6) is 0 Å². The van der Waals surface area contributed by atoms with Crippen molar-refractivity contribution in [1.82, 2.24) is 20.5 Å². The Labute approximate surface area is 179 Å². The standard InChI is InChI=1S/C19H31N5S.HI/c1-2-20-18(22-15-17-7-3-6-10-21-17)23-16-19(8-4-5-9-19)24-11-13-25-14-12-24;/h3,6-7,10H,2,4-5,8-9,11-16H2,1H3,(H2,20,22,23);1H. The van der Waals surface area contributed by atoms with E-state index in [0.29, 0.717) is 12.1 Å². The van der Waals surface area contributed by atoms with Crippen LogP contribution in [0.25, 0.3) is 0 Å². The molecule has 1 aliphatic heterocycles. The summed E-state index contributed by atoms with van der Waals surface area (Å²) in [4.78, 5) is 11.8. The molecule has 1 aromatic heterocycles. The quantitative estimate of drug-likeness (QED) is 0.366. The number of nitrogens with zero attached hydrogens (tertiary/aromatic N) is 3. The van der Waals surface area contributed by atoms with E-state index < -0.39 is 0 Å². The number of rotatable bonds is 6. The Morgan fingerprint density at radius 2 is 2.00 bits per heavy atom. The van der Waals surface area contributed by atoms with E-state index in [1.54, 1.807) is 0 Å². The summed E-state index contributed by atoms with van der Waals surface area (Å²) in [5.41, 5.74) is 1.32. The highest BCUT2D eigenvalue weighted by Gasteiger charge is 2.39. The minimum atomic E-state index is 0. The third-order valence-electron chi connectivity index (χ3n) is 5.27. The van der Waals surface area contributed by atoms with Gasteiger partial charge in [-0.25, -0.2) is 4.99 Å². The van der Waals surface area contributed by atoms with Crippen molar-refractivity contribution < 1.29 is 0 Å². The first-order chi connectivity index (χ1) is 12.3. The van der Waals surface area contributed by atoms with Gasteiger partial charge in [-0.3, -0.25) is 9.88 Å². The van der Waals surface area contributed by atoms with E-state index in [-0.39, 0.29) is 24.0 Å². The average Bonchev–Trinajstić information content (AvgIpc) is 3.16. The van der Waals surface area contributed by atoms with Crippen molar-refractivity contribution in [2.24, 2.45) is 4.99 Å². The predicted molar refractivity (Wildman–Crippen MR) is 123 cm³/mol. The van der Waals surface area contributed by atoms with Gasteiger partial charge in [-0.05, 0) is 31.9 Å². The third-order valence-corrected chi connectivity index (χ3v) is 6.21. The number of aliphatic imine (C=N–C) groups is 1. The van der Waals surface area contributed by atoms with Crippen molar-refractivity contribution in [2.45, 2.75) is 44.7 Å². The summed E-state index contributed by atoms with van der Waals surface area (Å²) in [6.07, 6.45) is 7.15. The van der Waals surface area contributed by atoms with E-state index in [2.05, 4.69) is 39.2 Å². The largest absolute Gasteiger partial charge is 0.357 e. The van der Waals surface area contributed by atoms with Crippen LogP contribution in [-0.2, 0) is 6.54 Å². The zero-order chi connectivity index (χ0) is 17.4. The smallest absolute Gasteiger partial charge is 0.191 e. The maximum atomic E-state index is 4.73. The summed E-state index contributed by atoms with van der Waals surface area (Å²) in [5, 5.41) is 7.02. The lowest BCUT2D eigenvalue weighted by molar-refractivity contribution is 0.107. The van der Waals surface area contributed by atoms with Gasteiger partial charge in [-0.2, -0.15) is 11.8 Å². The first kappa shape index (κ1) is 21.8. The fraction of sp³-hybridized carbons (Fsp3) is 0.684. The summed E-state index contributed by atoms with van der Waals surface area (Å²) in [6.45, 7) is 7.06. The average molecular weight is 489 g/mol. The van der Waals surface area contributed by atoms with E-state index in [1.807, 2.05) is 24.4 Å². The highest BCUT2D eigenvalue weighted by atomic mass is 127. The molecule has 0 spiro atoms. The Balaban J connectivity index is 0.00000243. The monoisotopic (exact) mass is 489 g/mol. The molecule has 0 radical (unpaired) electrons. The van der Waals surface area contributed by atoms with Crippen LogP contribution in [0.2, 0.25) is 0 Å². The molecule has 0 amide bonds. The molecule has 1 saturated heterocycles. The van der Waals surface area contributed by atoms with Gasteiger partial charge in [0, 0.05) is 49.4 Å². The molecular formula is C19H32IN5S. The van der Waals surface area contributed by atoms with Crippen molar-refractivity contribution in [3.05, 3.63) is 30.1 Å². The van der Waals surface area contributed by atoms with Crippen LogP contribution in [0.15, 0.2) is 29.4 Å². The molecule has 0 unspecified atom stereocenters. The van der Waals surface area contributed by atoms with Gasteiger partial charge in [0.15, 0.2) is 5.96 Å². The number of pyridine rings is 1. The lowest BCUT2D eigenvalue weighted by atomic mass is 9.94. The highest BCUT2D eigenvalue weighted by Crippen LogP contribution is 2.36. The molecule has 2 fully saturated rings. The lowest BCUT2D eigenvalue weighted by Gasteiger charge is -2.43. The second-order valence-electron chi connectivity index (χ2n) is 6.90. The molecule has 0 bridgehead atoms. The second-order valence-corrected chi connectivity index (χ2v) is 8.13. The summed E-state index contributed by atoms with van der Waals surface area (Å²) < 4.78 is 0. The molecule has 1 aromatic rings. The molecule has 1 aliphatic carbocycles. The summed E-state index contributed by atoms with van der Waals surface area (Å²) in [6, 6.07) is 5.98.